The fourth-order valence-corrected chi connectivity index (χ4v) is 5.49. The average molecular weight is 438 g/mol. The predicted molar refractivity (Wildman–Crippen MR) is 144 cm³/mol. The highest BCUT2D eigenvalue weighted by Crippen LogP contribution is 2.54. The first-order valence-corrected chi connectivity index (χ1v) is 11.9. The Hall–Kier alpha value is -4.10. The maximum Gasteiger partial charge on any atom is 0.0474 e. The van der Waals surface area contributed by atoms with Gasteiger partial charge in [-0.05, 0) is 69.8 Å². The lowest BCUT2D eigenvalue weighted by Gasteiger charge is -2.29. The van der Waals surface area contributed by atoms with Crippen molar-refractivity contribution < 1.29 is 0 Å². The molecule has 1 heteroatoms. The van der Waals surface area contributed by atoms with E-state index in [0.717, 1.165) is 11.4 Å². The van der Waals surface area contributed by atoms with Crippen LogP contribution in [0.1, 0.15) is 25.0 Å². The molecule has 0 unspecified atom stereocenters. The molecule has 0 heterocycles. The zero-order chi connectivity index (χ0) is 23.1. The zero-order valence-electron chi connectivity index (χ0n) is 19.6. The molecule has 1 nitrogen and oxygen atoms in total. The summed E-state index contributed by atoms with van der Waals surface area (Å²) in [6, 6.07) is 45.8. The van der Waals surface area contributed by atoms with Crippen molar-refractivity contribution in [2.24, 2.45) is 0 Å². The first kappa shape index (κ1) is 20.5. The maximum atomic E-state index is 2.38. The third-order valence-corrected chi connectivity index (χ3v) is 7.01. The van der Waals surface area contributed by atoms with Gasteiger partial charge in [-0.2, -0.15) is 0 Å². The smallest absolute Gasteiger partial charge is 0.0474 e. The third-order valence-electron chi connectivity index (χ3n) is 7.01. The van der Waals surface area contributed by atoms with Crippen molar-refractivity contribution in [3.63, 3.8) is 0 Å². The number of benzene rings is 5. The topological polar surface area (TPSA) is 3.24 Å². The highest BCUT2D eigenvalue weighted by atomic mass is 15.1. The van der Waals surface area contributed by atoms with Crippen LogP contribution in [0.2, 0.25) is 0 Å². The van der Waals surface area contributed by atoms with Crippen molar-refractivity contribution >= 4 is 17.1 Å². The van der Waals surface area contributed by atoms with Crippen LogP contribution in [0.15, 0.2) is 127 Å². The predicted octanol–water partition coefficient (Wildman–Crippen LogP) is 9.13. The second kappa shape index (κ2) is 8.04. The Bertz CT molecular complexity index is 1410. The molecule has 0 radical (unpaired) electrons. The Labute approximate surface area is 202 Å². The van der Waals surface area contributed by atoms with E-state index < -0.39 is 0 Å². The molecule has 1 aliphatic carbocycles. The van der Waals surface area contributed by atoms with Crippen molar-refractivity contribution in [1.82, 2.24) is 0 Å². The number of hydrogen-bond acceptors (Lipinski definition) is 1. The van der Waals surface area contributed by atoms with E-state index in [4.69, 9.17) is 0 Å². The van der Waals surface area contributed by atoms with Gasteiger partial charge in [0.1, 0.15) is 0 Å². The second-order valence-corrected chi connectivity index (χ2v) is 9.46. The molecule has 0 aromatic heterocycles. The summed E-state index contributed by atoms with van der Waals surface area (Å²) in [5.41, 5.74) is 11.4. The van der Waals surface area contributed by atoms with Crippen LogP contribution in [0, 0.1) is 0 Å². The van der Waals surface area contributed by atoms with Gasteiger partial charge in [0.15, 0.2) is 0 Å². The van der Waals surface area contributed by atoms with Gasteiger partial charge in [0.2, 0.25) is 0 Å². The van der Waals surface area contributed by atoms with Gasteiger partial charge < -0.3 is 4.90 Å². The maximum absolute atomic E-state index is 2.38. The van der Waals surface area contributed by atoms with Crippen LogP contribution in [0.3, 0.4) is 0 Å². The minimum atomic E-state index is -0.0695. The largest absolute Gasteiger partial charge is 0.310 e. The van der Waals surface area contributed by atoms with E-state index in [0.29, 0.717) is 0 Å². The molecule has 0 atom stereocenters. The van der Waals surface area contributed by atoms with Crippen molar-refractivity contribution in [2.45, 2.75) is 19.3 Å². The minimum absolute atomic E-state index is 0.0695. The summed E-state index contributed by atoms with van der Waals surface area (Å²) in [7, 11) is 0. The van der Waals surface area contributed by atoms with E-state index in [9.17, 15) is 0 Å². The number of rotatable bonds is 4. The van der Waals surface area contributed by atoms with Gasteiger partial charge >= 0.3 is 0 Å². The lowest BCUT2D eigenvalue weighted by atomic mass is 9.78. The molecule has 0 saturated carbocycles. The Kier molecular flexibility index (Phi) is 4.85. The lowest BCUT2D eigenvalue weighted by molar-refractivity contribution is 0.662. The van der Waals surface area contributed by atoms with Crippen LogP contribution >= 0.6 is 0 Å². The molecular weight excluding hydrogens is 410 g/mol. The monoisotopic (exact) mass is 437 g/mol. The van der Waals surface area contributed by atoms with Crippen LogP contribution in [-0.2, 0) is 5.41 Å². The minimum Gasteiger partial charge on any atom is -0.310 e. The molecule has 0 fully saturated rings. The van der Waals surface area contributed by atoms with Crippen LogP contribution < -0.4 is 4.90 Å². The fourth-order valence-electron chi connectivity index (χ4n) is 5.49. The Morgan fingerprint density at radius 3 is 1.59 bits per heavy atom. The van der Waals surface area contributed by atoms with Crippen LogP contribution in [-0.4, -0.2) is 0 Å². The second-order valence-electron chi connectivity index (χ2n) is 9.46. The Morgan fingerprint density at radius 1 is 0.471 bits per heavy atom. The number of para-hydroxylation sites is 2. The summed E-state index contributed by atoms with van der Waals surface area (Å²) >= 11 is 0. The quantitative estimate of drug-likeness (QED) is 0.271. The van der Waals surface area contributed by atoms with Crippen LogP contribution in [0.5, 0.6) is 0 Å². The van der Waals surface area contributed by atoms with Crippen molar-refractivity contribution in [2.75, 3.05) is 4.90 Å². The SMILES string of the molecule is CC1(C)c2ccccc2-c2cc(N(c3ccccc3)c3ccccc3)cc(-c3ccccc3)c21. The normalized spacial score (nSPS) is 13.2. The van der Waals surface area contributed by atoms with Gasteiger partial charge in [-0.15, -0.1) is 0 Å². The van der Waals surface area contributed by atoms with E-state index in [-0.39, 0.29) is 5.41 Å². The number of nitrogens with zero attached hydrogens (tertiary/aromatic N) is 1. The van der Waals surface area contributed by atoms with Gasteiger partial charge in [0.05, 0.1) is 0 Å². The Balaban J connectivity index is 1.68. The molecule has 5 aromatic rings. The molecule has 34 heavy (non-hydrogen) atoms. The highest BCUT2D eigenvalue weighted by Gasteiger charge is 2.38. The van der Waals surface area contributed by atoms with Crippen LogP contribution in [0.25, 0.3) is 22.3 Å². The summed E-state index contributed by atoms with van der Waals surface area (Å²) in [4.78, 5) is 2.36. The zero-order valence-corrected chi connectivity index (χ0v) is 19.6. The molecule has 0 aliphatic heterocycles. The molecule has 164 valence electrons. The summed E-state index contributed by atoms with van der Waals surface area (Å²) in [5, 5.41) is 0. The standard InChI is InChI=1S/C33H27N/c1-33(2)31-21-13-12-20-28(31)30-23-27(22-29(32(30)33)24-14-6-3-7-15-24)34(25-16-8-4-9-17-25)26-18-10-5-11-19-26/h3-23H,1-2H3. The highest BCUT2D eigenvalue weighted by molar-refractivity contribution is 5.93. The molecule has 5 aromatic carbocycles. The van der Waals surface area contributed by atoms with E-state index in [1.165, 1.54) is 39.1 Å². The van der Waals surface area contributed by atoms with E-state index in [1.54, 1.807) is 0 Å². The number of fused-ring (bicyclic) bond motifs is 3. The molecule has 0 amide bonds. The molecule has 6 rings (SSSR count). The number of hydrogen-bond donors (Lipinski definition) is 0. The molecule has 0 spiro atoms. The summed E-state index contributed by atoms with van der Waals surface area (Å²) in [6.45, 7) is 4.71. The van der Waals surface area contributed by atoms with Crippen molar-refractivity contribution in [3.8, 4) is 22.3 Å². The van der Waals surface area contributed by atoms with Gasteiger partial charge in [0, 0.05) is 22.5 Å². The summed E-state index contributed by atoms with van der Waals surface area (Å²) < 4.78 is 0. The molecule has 0 bridgehead atoms. The van der Waals surface area contributed by atoms with Gasteiger partial charge in [0.25, 0.3) is 0 Å². The molecule has 1 aliphatic rings. The molecule has 0 N–H and O–H groups in total. The average Bonchev–Trinajstić information content (AvgIpc) is 3.13. The summed E-state index contributed by atoms with van der Waals surface area (Å²) in [5.74, 6) is 0. The molecular formula is C33H27N. The fraction of sp³-hybridized carbons (Fsp3) is 0.0909. The van der Waals surface area contributed by atoms with Gasteiger partial charge in [-0.25, -0.2) is 0 Å². The van der Waals surface area contributed by atoms with E-state index >= 15 is 0 Å². The van der Waals surface area contributed by atoms with Crippen molar-refractivity contribution in [3.05, 3.63) is 139 Å². The molecule has 0 saturated heterocycles. The summed E-state index contributed by atoms with van der Waals surface area (Å²) in [6.07, 6.45) is 0. The van der Waals surface area contributed by atoms with E-state index in [2.05, 4.69) is 146 Å². The first-order chi connectivity index (χ1) is 16.6. The van der Waals surface area contributed by atoms with Crippen LogP contribution in [0.4, 0.5) is 17.1 Å². The van der Waals surface area contributed by atoms with Gasteiger partial charge in [-0.1, -0.05) is 105 Å². The first-order valence-electron chi connectivity index (χ1n) is 11.9. The van der Waals surface area contributed by atoms with Gasteiger partial charge in [-0.3, -0.25) is 0 Å². The Morgan fingerprint density at radius 2 is 0.971 bits per heavy atom. The lowest BCUT2D eigenvalue weighted by Crippen LogP contribution is -2.17. The van der Waals surface area contributed by atoms with Crippen molar-refractivity contribution in [1.29, 1.82) is 0 Å². The van der Waals surface area contributed by atoms with E-state index in [1.807, 2.05) is 0 Å². The number of anilines is 3. The third kappa shape index (κ3) is 3.24.